The van der Waals surface area contributed by atoms with Crippen molar-refractivity contribution in [3.63, 3.8) is 0 Å². The fourth-order valence-electron chi connectivity index (χ4n) is 10.5. The summed E-state index contributed by atoms with van der Waals surface area (Å²) in [6, 6.07) is 20.3. The van der Waals surface area contributed by atoms with E-state index in [1.165, 1.54) is 19.3 Å². The molecule has 0 heterocycles. The van der Waals surface area contributed by atoms with Gasteiger partial charge in [-0.25, -0.2) is 0 Å². The number of hydrogen-bond acceptors (Lipinski definition) is 3. The van der Waals surface area contributed by atoms with Crippen molar-refractivity contribution < 1.29 is 15.0 Å². The Balaban J connectivity index is 1.22. The van der Waals surface area contributed by atoms with Crippen molar-refractivity contribution in [2.45, 2.75) is 96.7 Å². The second-order valence-electron chi connectivity index (χ2n) is 14.4. The van der Waals surface area contributed by atoms with Crippen LogP contribution in [0.4, 0.5) is 0 Å². The number of rotatable bonds is 6. The maximum absolute atomic E-state index is 14.1. The molecule has 0 aliphatic heterocycles. The van der Waals surface area contributed by atoms with E-state index in [2.05, 4.69) is 20.8 Å². The average molecular weight is 529 g/mol. The van der Waals surface area contributed by atoms with Crippen molar-refractivity contribution in [2.24, 2.45) is 46.3 Å². The largest absolute Gasteiger partial charge is 0.393 e. The molecule has 0 aromatic heterocycles. The minimum Gasteiger partial charge on any atom is -0.393 e. The first kappa shape index (κ1) is 27.2. The summed E-state index contributed by atoms with van der Waals surface area (Å²) in [7, 11) is 0. The third-order valence-corrected chi connectivity index (χ3v) is 12.5. The Morgan fingerprint density at radius 1 is 0.897 bits per heavy atom. The number of fused-ring (bicyclic) bond motifs is 5. The van der Waals surface area contributed by atoms with Gasteiger partial charge >= 0.3 is 0 Å². The van der Waals surface area contributed by atoms with Crippen molar-refractivity contribution in [1.29, 1.82) is 0 Å². The van der Waals surface area contributed by atoms with Crippen LogP contribution in [0, 0.1) is 46.3 Å². The van der Waals surface area contributed by atoms with Gasteiger partial charge in [-0.2, -0.15) is 0 Å². The molecule has 210 valence electrons. The molecule has 0 amide bonds. The predicted octanol–water partition coefficient (Wildman–Crippen LogP) is 7.54. The molecule has 0 spiro atoms. The lowest BCUT2D eigenvalue weighted by Gasteiger charge is -2.60. The molecule has 3 nitrogen and oxygen atoms in total. The van der Waals surface area contributed by atoms with E-state index in [9.17, 15) is 15.0 Å². The van der Waals surface area contributed by atoms with E-state index >= 15 is 0 Å². The zero-order valence-corrected chi connectivity index (χ0v) is 24.2. The first-order valence-electron chi connectivity index (χ1n) is 15.7. The van der Waals surface area contributed by atoms with Gasteiger partial charge in [0.15, 0.2) is 0 Å². The number of carbonyl (C=O) groups excluding carboxylic acids is 1. The Labute approximate surface area is 235 Å². The summed E-state index contributed by atoms with van der Waals surface area (Å²) in [6.45, 7) is 7.22. The number of benzene rings is 2. The van der Waals surface area contributed by atoms with E-state index in [1.807, 2.05) is 60.7 Å². The van der Waals surface area contributed by atoms with Crippen molar-refractivity contribution in [3.05, 3.63) is 71.8 Å². The lowest BCUT2D eigenvalue weighted by atomic mass is 9.44. The van der Waals surface area contributed by atoms with Gasteiger partial charge in [-0.05, 0) is 109 Å². The van der Waals surface area contributed by atoms with Gasteiger partial charge in [-0.15, -0.1) is 0 Å². The highest BCUT2D eigenvalue weighted by atomic mass is 16.3. The molecule has 4 aliphatic carbocycles. The lowest BCUT2D eigenvalue weighted by molar-refractivity contribution is -0.162. The van der Waals surface area contributed by atoms with Crippen LogP contribution in [0.25, 0.3) is 0 Å². The number of ketones is 1. The predicted molar refractivity (Wildman–Crippen MR) is 156 cm³/mol. The quantitative estimate of drug-likeness (QED) is 0.407. The molecule has 2 N–H and O–H groups in total. The van der Waals surface area contributed by atoms with Gasteiger partial charge < -0.3 is 10.2 Å². The minimum atomic E-state index is -1.01. The maximum atomic E-state index is 14.1. The van der Waals surface area contributed by atoms with E-state index in [-0.39, 0.29) is 22.9 Å². The van der Waals surface area contributed by atoms with Crippen LogP contribution >= 0.6 is 0 Å². The van der Waals surface area contributed by atoms with Crippen molar-refractivity contribution in [1.82, 2.24) is 0 Å². The smallest absolute Gasteiger partial charge is 0.137 e. The molecule has 0 radical (unpaired) electrons. The second-order valence-corrected chi connectivity index (χ2v) is 14.4. The van der Waals surface area contributed by atoms with E-state index in [1.54, 1.807) is 0 Å². The molecule has 2 aromatic rings. The Bertz CT molecular complexity index is 1120. The van der Waals surface area contributed by atoms with Gasteiger partial charge in [0.05, 0.1) is 6.10 Å². The van der Waals surface area contributed by atoms with Crippen molar-refractivity contribution in [2.75, 3.05) is 0 Å². The standard InChI is InChI=1S/C36H48O3/c1-24(18-21-36(39,25-10-6-4-7-11-25)26-12-8-5-9-13-26)30-16-17-31-29-15-14-27-22-28(37)19-20-34(27,2)33(29)32(38)23-35(30,31)3/h4-13,24,27-31,33,37,39H,14-23H2,1-3H3. The highest BCUT2D eigenvalue weighted by Crippen LogP contribution is 2.67. The van der Waals surface area contributed by atoms with E-state index in [4.69, 9.17) is 0 Å². The number of aliphatic hydroxyl groups is 2. The van der Waals surface area contributed by atoms with E-state index in [0.29, 0.717) is 41.8 Å². The zero-order chi connectivity index (χ0) is 27.4. The molecule has 39 heavy (non-hydrogen) atoms. The molecule has 4 saturated carbocycles. The topological polar surface area (TPSA) is 57.5 Å². The number of Topliss-reactive ketones (excluding diaryl/α,β-unsaturated/α-hetero) is 1. The van der Waals surface area contributed by atoms with Gasteiger partial charge in [0.1, 0.15) is 11.4 Å². The van der Waals surface area contributed by atoms with Crippen LogP contribution in [0.1, 0.15) is 96.1 Å². The zero-order valence-electron chi connectivity index (χ0n) is 24.2. The average Bonchev–Trinajstić information content (AvgIpc) is 3.29. The van der Waals surface area contributed by atoms with Gasteiger partial charge in [0.2, 0.25) is 0 Å². The number of hydrogen-bond donors (Lipinski definition) is 2. The molecule has 4 aliphatic rings. The van der Waals surface area contributed by atoms with Crippen LogP contribution in [-0.4, -0.2) is 22.1 Å². The first-order chi connectivity index (χ1) is 18.7. The van der Waals surface area contributed by atoms with Crippen LogP contribution < -0.4 is 0 Å². The van der Waals surface area contributed by atoms with Gasteiger partial charge in [0, 0.05) is 12.3 Å². The highest BCUT2D eigenvalue weighted by Gasteiger charge is 2.63. The van der Waals surface area contributed by atoms with E-state index < -0.39 is 5.60 Å². The molecule has 6 rings (SSSR count). The van der Waals surface area contributed by atoms with Crippen molar-refractivity contribution in [3.8, 4) is 0 Å². The maximum Gasteiger partial charge on any atom is 0.137 e. The normalized spacial score (nSPS) is 38.9. The summed E-state index contributed by atoms with van der Waals surface area (Å²) in [5.74, 6) is 3.31. The molecule has 9 atom stereocenters. The highest BCUT2D eigenvalue weighted by molar-refractivity contribution is 5.84. The summed E-state index contributed by atoms with van der Waals surface area (Å²) >= 11 is 0. The summed E-state index contributed by atoms with van der Waals surface area (Å²) < 4.78 is 0. The summed E-state index contributed by atoms with van der Waals surface area (Å²) in [4.78, 5) is 14.1. The Morgan fingerprint density at radius 3 is 2.18 bits per heavy atom. The fourth-order valence-corrected chi connectivity index (χ4v) is 10.5. The lowest BCUT2D eigenvalue weighted by Crippen LogP contribution is -2.58. The first-order valence-corrected chi connectivity index (χ1v) is 15.7. The summed E-state index contributed by atoms with van der Waals surface area (Å²) in [6.07, 6.45) is 9.70. The molecule has 4 fully saturated rings. The SMILES string of the molecule is CC(CCC(O)(c1ccccc1)c1ccccc1)C1CCC2C3CCC4CC(O)CCC4(C)C3C(=O)CC12C. The Morgan fingerprint density at radius 2 is 1.54 bits per heavy atom. The molecule has 0 bridgehead atoms. The van der Waals surface area contributed by atoms with Gasteiger partial charge in [-0.1, -0.05) is 81.4 Å². The van der Waals surface area contributed by atoms with Crippen molar-refractivity contribution >= 4 is 5.78 Å². The fraction of sp³-hybridized carbons (Fsp3) is 0.639. The molecular weight excluding hydrogens is 480 g/mol. The third-order valence-electron chi connectivity index (χ3n) is 12.5. The van der Waals surface area contributed by atoms with E-state index in [0.717, 1.165) is 49.7 Å². The monoisotopic (exact) mass is 528 g/mol. The number of aliphatic hydroxyl groups excluding tert-OH is 1. The molecule has 0 saturated heterocycles. The molecule has 9 unspecified atom stereocenters. The third kappa shape index (κ3) is 4.43. The van der Waals surface area contributed by atoms with Crippen LogP contribution in [0.2, 0.25) is 0 Å². The van der Waals surface area contributed by atoms with Crippen LogP contribution in [0.3, 0.4) is 0 Å². The molecule has 3 heteroatoms. The van der Waals surface area contributed by atoms with Crippen LogP contribution in [-0.2, 0) is 10.4 Å². The Hall–Kier alpha value is -1.97. The Kier molecular flexibility index (Phi) is 7.08. The second kappa shape index (κ2) is 10.1. The number of carbonyl (C=O) groups is 1. The summed E-state index contributed by atoms with van der Waals surface area (Å²) in [5, 5.41) is 22.5. The molecular formula is C36H48O3. The molecule has 2 aromatic carbocycles. The van der Waals surface area contributed by atoms with Gasteiger partial charge in [0.25, 0.3) is 0 Å². The minimum absolute atomic E-state index is 0.0622. The van der Waals surface area contributed by atoms with Crippen LogP contribution in [0.5, 0.6) is 0 Å². The van der Waals surface area contributed by atoms with Crippen LogP contribution in [0.15, 0.2) is 60.7 Å². The summed E-state index contributed by atoms with van der Waals surface area (Å²) in [5.41, 5.74) is 1.04. The van der Waals surface area contributed by atoms with Gasteiger partial charge in [-0.3, -0.25) is 4.79 Å².